The van der Waals surface area contributed by atoms with E-state index in [1.165, 1.54) is 18.2 Å². The van der Waals surface area contributed by atoms with Crippen molar-refractivity contribution in [2.24, 2.45) is 0 Å². The van der Waals surface area contributed by atoms with Gasteiger partial charge in [0.05, 0.1) is 5.56 Å². The summed E-state index contributed by atoms with van der Waals surface area (Å²) in [6.07, 6.45) is 0.674. The SMILES string of the molecule is Cc1cc(F)ccc1CCNc1ccc(Cl)cc1C(=O)O. The molecule has 5 heteroatoms. The summed E-state index contributed by atoms with van der Waals surface area (Å²) in [4.78, 5) is 11.2. The third-order valence-electron chi connectivity index (χ3n) is 3.23. The van der Waals surface area contributed by atoms with E-state index in [1.807, 2.05) is 6.92 Å². The van der Waals surface area contributed by atoms with Gasteiger partial charge in [0.2, 0.25) is 0 Å². The van der Waals surface area contributed by atoms with Crippen molar-refractivity contribution in [3.63, 3.8) is 0 Å². The van der Waals surface area contributed by atoms with Crippen molar-refractivity contribution in [3.8, 4) is 0 Å². The molecule has 0 saturated heterocycles. The lowest BCUT2D eigenvalue weighted by Crippen LogP contribution is -2.10. The Kier molecular flexibility index (Phi) is 4.81. The Morgan fingerprint density at radius 2 is 2.05 bits per heavy atom. The normalized spacial score (nSPS) is 10.4. The van der Waals surface area contributed by atoms with Crippen LogP contribution in [0.25, 0.3) is 0 Å². The highest BCUT2D eigenvalue weighted by Gasteiger charge is 2.10. The first-order chi connectivity index (χ1) is 9.97. The minimum atomic E-state index is -1.03. The van der Waals surface area contributed by atoms with Crippen LogP contribution in [0, 0.1) is 12.7 Å². The van der Waals surface area contributed by atoms with Gasteiger partial charge >= 0.3 is 5.97 Å². The van der Waals surface area contributed by atoms with E-state index < -0.39 is 5.97 Å². The fraction of sp³-hybridized carbons (Fsp3) is 0.188. The molecule has 0 aliphatic carbocycles. The van der Waals surface area contributed by atoms with E-state index in [1.54, 1.807) is 18.2 Å². The lowest BCUT2D eigenvalue weighted by atomic mass is 10.1. The second-order valence-electron chi connectivity index (χ2n) is 4.74. The second-order valence-corrected chi connectivity index (χ2v) is 5.18. The van der Waals surface area contributed by atoms with E-state index in [4.69, 9.17) is 16.7 Å². The van der Waals surface area contributed by atoms with Crippen LogP contribution in [-0.2, 0) is 6.42 Å². The van der Waals surface area contributed by atoms with Crippen molar-refractivity contribution in [3.05, 3.63) is 63.9 Å². The number of nitrogens with one attached hydrogen (secondary N) is 1. The van der Waals surface area contributed by atoms with Crippen LogP contribution in [0.1, 0.15) is 21.5 Å². The lowest BCUT2D eigenvalue weighted by molar-refractivity contribution is 0.0698. The Morgan fingerprint density at radius 1 is 1.29 bits per heavy atom. The molecule has 2 aromatic rings. The van der Waals surface area contributed by atoms with Crippen molar-refractivity contribution in [1.29, 1.82) is 0 Å². The number of carboxylic acids is 1. The van der Waals surface area contributed by atoms with Crippen molar-refractivity contribution >= 4 is 23.3 Å². The van der Waals surface area contributed by atoms with Crippen molar-refractivity contribution in [1.82, 2.24) is 0 Å². The average molecular weight is 308 g/mol. The zero-order valence-electron chi connectivity index (χ0n) is 11.5. The Balaban J connectivity index is 2.05. The van der Waals surface area contributed by atoms with Crippen LogP contribution in [0.15, 0.2) is 36.4 Å². The molecule has 0 saturated carbocycles. The summed E-state index contributed by atoms with van der Waals surface area (Å²) < 4.78 is 13.0. The molecule has 2 aromatic carbocycles. The van der Waals surface area contributed by atoms with E-state index in [0.29, 0.717) is 23.7 Å². The van der Waals surface area contributed by atoms with E-state index in [2.05, 4.69) is 5.32 Å². The van der Waals surface area contributed by atoms with Crippen LogP contribution in [0.5, 0.6) is 0 Å². The fourth-order valence-corrected chi connectivity index (χ4v) is 2.29. The topological polar surface area (TPSA) is 49.3 Å². The molecule has 0 aliphatic heterocycles. The van der Waals surface area contributed by atoms with E-state index in [-0.39, 0.29) is 11.4 Å². The van der Waals surface area contributed by atoms with Crippen LogP contribution < -0.4 is 5.32 Å². The number of halogens is 2. The number of aryl methyl sites for hydroxylation is 1. The Bertz CT molecular complexity index is 673. The third-order valence-corrected chi connectivity index (χ3v) is 3.46. The molecule has 0 aromatic heterocycles. The first kappa shape index (κ1) is 15.3. The third kappa shape index (κ3) is 3.95. The maximum Gasteiger partial charge on any atom is 0.337 e. The fourth-order valence-electron chi connectivity index (χ4n) is 2.12. The summed E-state index contributed by atoms with van der Waals surface area (Å²) in [5, 5.41) is 12.6. The maximum absolute atomic E-state index is 13.0. The van der Waals surface area contributed by atoms with Gasteiger partial charge in [-0.2, -0.15) is 0 Å². The molecule has 0 heterocycles. The van der Waals surface area contributed by atoms with Gasteiger partial charge < -0.3 is 10.4 Å². The molecule has 0 bridgehead atoms. The molecule has 0 unspecified atom stereocenters. The van der Waals surface area contributed by atoms with Crippen LogP contribution in [0.4, 0.5) is 10.1 Å². The summed E-state index contributed by atoms with van der Waals surface area (Å²) in [5.74, 6) is -1.28. The van der Waals surface area contributed by atoms with Gasteiger partial charge in [-0.15, -0.1) is 0 Å². The number of anilines is 1. The van der Waals surface area contributed by atoms with Crippen molar-refractivity contribution < 1.29 is 14.3 Å². The number of carboxylic acid groups (broad SMARTS) is 1. The Labute approximate surface area is 127 Å². The molecule has 21 heavy (non-hydrogen) atoms. The van der Waals surface area contributed by atoms with Gasteiger partial charge in [-0.05, 0) is 54.8 Å². The minimum absolute atomic E-state index is 0.137. The number of rotatable bonds is 5. The monoisotopic (exact) mass is 307 g/mol. The quantitative estimate of drug-likeness (QED) is 0.873. The number of hydrogen-bond acceptors (Lipinski definition) is 2. The van der Waals surface area contributed by atoms with Gasteiger partial charge in [-0.1, -0.05) is 17.7 Å². The molecular formula is C16H15ClFNO2. The van der Waals surface area contributed by atoms with Crippen LogP contribution in [0.2, 0.25) is 5.02 Å². The Hall–Kier alpha value is -2.07. The first-order valence-corrected chi connectivity index (χ1v) is 6.87. The molecule has 0 fully saturated rings. The van der Waals surface area contributed by atoms with Crippen LogP contribution in [0.3, 0.4) is 0 Å². The molecule has 2 rings (SSSR count). The van der Waals surface area contributed by atoms with Gasteiger partial charge in [0.1, 0.15) is 5.82 Å². The zero-order valence-corrected chi connectivity index (χ0v) is 12.2. The predicted molar refractivity (Wildman–Crippen MR) is 81.7 cm³/mol. The van der Waals surface area contributed by atoms with Gasteiger partial charge in [0.25, 0.3) is 0 Å². The zero-order chi connectivity index (χ0) is 15.4. The van der Waals surface area contributed by atoms with E-state index in [0.717, 1.165) is 11.1 Å². The molecule has 3 nitrogen and oxygen atoms in total. The molecule has 2 N–H and O–H groups in total. The smallest absolute Gasteiger partial charge is 0.337 e. The molecular weight excluding hydrogens is 293 g/mol. The minimum Gasteiger partial charge on any atom is -0.478 e. The van der Waals surface area contributed by atoms with Gasteiger partial charge in [0.15, 0.2) is 0 Å². The molecule has 0 atom stereocenters. The molecule has 0 spiro atoms. The van der Waals surface area contributed by atoms with E-state index >= 15 is 0 Å². The molecule has 0 amide bonds. The average Bonchev–Trinajstić information content (AvgIpc) is 2.42. The predicted octanol–water partition coefficient (Wildman–Crippen LogP) is 4.14. The summed E-state index contributed by atoms with van der Waals surface area (Å²) in [6, 6.07) is 9.35. The maximum atomic E-state index is 13.0. The van der Waals surface area contributed by atoms with Gasteiger partial charge in [-0.25, -0.2) is 9.18 Å². The molecule has 110 valence electrons. The summed E-state index contributed by atoms with van der Waals surface area (Å²) in [6.45, 7) is 2.40. The summed E-state index contributed by atoms with van der Waals surface area (Å²) >= 11 is 5.80. The first-order valence-electron chi connectivity index (χ1n) is 6.49. The molecule has 0 aliphatic rings. The van der Waals surface area contributed by atoms with Crippen LogP contribution >= 0.6 is 11.6 Å². The number of benzene rings is 2. The number of aromatic carboxylic acids is 1. The van der Waals surface area contributed by atoms with Gasteiger partial charge in [-0.3, -0.25) is 0 Å². The lowest BCUT2D eigenvalue weighted by Gasteiger charge is -2.11. The number of hydrogen-bond donors (Lipinski definition) is 2. The van der Waals surface area contributed by atoms with E-state index in [9.17, 15) is 9.18 Å². The highest BCUT2D eigenvalue weighted by molar-refractivity contribution is 6.31. The molecule has 0 radical (unpaired) electrons. The highest BCUT2D eigenvalue weighted by Crippen LogP contribution is 2.21. The standard InChI is InChI=1S/C16H15ClFNO2/c1-10-8-13(18)4-2-11(10)6-7-19-15-5-3-12(17)9-14(15)16(20)21/h2-5,8-9,19H,6-7H2,1H3,(H,20,21). The Morgan fingerprint density at radius 3 is 2.71 bits per heavy atom. The van der Waals surface area contributed by atoms with Gasteiger partial charge in [0, 0.05) is 17.3 Å². The van der Waals surface area contributed by atoms with Crippen LogP contribution in [-0.4, -0.2) is 17.6 Å². The largest absolute Gasteiger partial charge is 0.478 e. The van der Waals surface area contributed by atoms with Crippen molar-refractivity contribution in [2.45, 2.75) is 13.3 Å². The number of carbonyl (C=O) groups is 1. The highest BCUT2D eigenvalue weighted by atomic mass is 35.5. The second kappa shape index (κ2) is 6.59. The summed E-state index contributed by atoms with van der Waals surface area (Å²) in [7, 11) is 0. The van der Waals surface area contributed by atoms with Crippen molar-refractivity contribution in [2.75, 3.05) is 11.9 Å². The summed E-state index contributed by atoms with van der Waals surface area (Å²) in [5.41, 5.74) is 2.56.